The van der Waals surface area contributed by atoms with E-state index in [1.165, 1.54) is 19.3 Å². The maximum Gasteiger partial charge on any atom is 0.119 e. The zero-order valence-electron chi connectivity index (χ0n) is 12.3. The van der Waals surface area contributed by atoms with Gasteiger partial charge in [-0.1, -0.05) is 18.6 Å². The third-order valence-electron chi connectivity index (χ3n) is 4.31. The lowest BCUT2D eigenvalue weighted by molar-refractivity contribution is 0.0961. The summed E-state index contributed by atoms with van der Waals surface area (Å²) in [5, 5.41) is 0. The summed E-state index contributed by atoms with van der Waals surface area (Å²) in [7, 11) is 1.69. The zero-order valence-corrected chi connectivity index (χ0v) is 12.3. The zero-order chi connectivity index (χ0) is 13.8. The molecule has 1 heterocycles. The summed E-state index contributed by atoms with van der Waals surface area (Å²) in [6.07, 6.45) is 3.91. The van der Waals surface area contributed by atoms with Crippen LogP contribution in [0.15, 0.2) is 24.3 Å². The second-order valence-corrected chi connectivity index (χ2v) is 5.71. The van der Waals surface area contributed by atoms with E-state index in [2.05, 4.69) is 24.8 Å². The molecule has 1 aliphatic heterocycles. The van der Waals surface area contributed by atoms with Gasteiger partial charge in [-0.15, -0.1) is 0 Å². The summed E-state index contributed by atoms with van der Waals surface area (Å²) in [5.74, 6) is 0.882. The number of piperidine rings is 1. The number of likely N-dealkylation sites (tertiary alicyclic amines) is 1. The second-order valence-electron chi connectivity index (χ2n) is 5.71. The van der Waals surface area contributed by atoms with E-state index >= 15 is 0 Å². The van der Waals surface area contributed by atoms with Gasteiger partial charge in [0.05, 0.1) is 7.11 Å². The molecule has 1 fully saturated rings. The molecule has 1 aliphatic rings. The van der Waals surface area contributed by atoms with Crippen molar-refractivity contribution >= 4 is 0 Å². The van der Waals surface area contributed by atoms with Crippen LogP contribution in [0, 0.1) is 0 Å². The number of nitrogens with two attached hydrogens (primary N) is 1. The average Bonchev–Trinajstić information content (AvgIpc) is 2.43. The molecule has 0 saturated carbocycles. The first kappa shape index (κ1) is 14.4. The van der Waals surface area contributed by atoms with E-state index < -0.39 is 0 Å². The molecule has 19 heavy (non-hydrogen) atoms. The van der Waals surface area contributed by atoms with Crippen LogP contribution >= 0.6 is 0 Å². The molecular formula is C16H26N2O. The number of benzene rings is 1. The minimum Gasteiger partial charge on any atom is -0.497 e. The van der Waals surface area contributed by atoms with Gasteiger partial charge < -0.3 is 10.5 Å². The van der Waals surface area contributed by atoms with Crippen molar-refractivity contribution in [2.45, 2.75) is 51.2 Å². The minimum absolute atomic E-state index is 0.0538. The molecule has 1 aromatic carbocycles. The summed E-state index contributed by atoms with van der Waals surface area (Å²) in [6, 6.07) is 9.44. The standard InChI is InChI=1S/C16H26N2O/c1-12-6-4-7-13(2)18(12)11-16(17)14-8-5-9-15(10-14)19-3/h5,8-10,12-13,16H,4,6-7,11,17H2,1-3H3. The molecule has 0 radical (unpaired) electrons. The van der Waals surface area contributed by atoms with Gasteiger partial charge in [0.15, 0.2) is 0 Å². The number of ether oxygens (including phenoxy) is 1. The topological polar surface area (TPSA) is 38.5 Å². The van der Waals surface area contributed by atoms with Gasteiger partial charge in [-0.3, -0.25) is 4.90 Å². The molecule has 3 unspecified atom stereocenters. The van der Waals surface area contributed by atoms with E-state index in [9.17, 15) is 0 Å². The lowest BCUT2D eigenvalue weighted by Crippen LogP contribution is -2.46. The molecule has 3 atom stereocenters. The van der Waals surface area contributed by atoms with Gasteiger partial charge >= 0.3 is 0 Å². The number of rotatable bonds is 4. The Balaban J connectivity index is 2.04. The van der Waals surface area contributed by atoms with E-state index in [0.29, 0.717) is 12.1 Å². The summed E-state index contributed by atoms with van der Waals surface area (Å²) >= 11 is 0. The van der Waals surface area contributed by atoms with E-state index in [4.69, 9.17) is 10.5 Å². The van der Waals surface area contributed by atoms with Gasteiger partial charge in [-0.25, -0.2) is 0 Å². The fourth-order valence-electron chi connectivity index (χ4n) is 3.04. The molecule has 1 saturated heterocycles. The molecule has 3 heteroatoms. The van der Waals surface area contributed by atoms with Gasteiger partial charge in [-0.2, -0.15) is 0 Å². The number of methoxy groups -OCH3 is 1. The van der Waals surface area contributed by atoms with E-state index in [1.807, 2.05) is 18.2 Å². The van der Waals surface area contributed by atoms with Gasteiger partial charge in [0.25, 0.3) is 0 Å². The van der Waals surface area contributed by atoms with Crippen LogP contribution in [-0.4, -0.2) is 30.6 Å². The molecular weight excluding hydrogens is 236 g/mol. The molecule has 0 amide bonds. The van der Waals surface area contributed by atoms with Crippen molar-refractivity contribution in [3.05, 3.63) is 29.8 Å². The van der Waals surface area contributed by atoms with E-state index in [0.717, 1.165) is 17.9 Å². The van der Waals surface area contributed by atoms with Crippen LogP contribution in [0.3, 0.4) is 0 Å². The van der Waals surface area contributed by atoms with Crippen LogP contribution in [0.5, 0.6) is 5.75 Å². The predicted molar refractivity (Wildman–Crippen MR) is 79.4 cm³/mol. The SMILES string of the molecule is COc1cccc(C(N)CN2C(C)CCCC2C)c1. The first-order valence-corrected chi connectivity index (χ1v) is 7.27. The number of nitrogens with zero attached hydrogens (tertiary/aromatic N) is 1. The van der Waals surface area contributed by atoms with Gasteiger partial charge in [0.2, 0.25) is 0 Å². The normalized spacial score (nSPS) is 26.1. The summed E-state index contributed by atoms with van der Waals surface area (Å²) in [6.45, 7) is 5.55. The lowest BCUT2D eigenvalue weighted by Gasteiger charge is -2.40. The van der Waals surface area contributed by atoms with Gasteiger partial charge in [0, 0.05) is 24.7 Å². The van der Waals surface area contributed by atoms with Crippen molar-refractivity contribution in [3.8, 4) is 5.75 Å². The Bertz CT molecular complexity index is 397. The summed E-state index contributed by atoms with van der Waals surface area (Å²) in [4.78, 5) is 2.55. The van der Waals surface area contributed by atoms with Crippen molar-refractivity contribution < 1.29 is 4.74 Å². The molecule has 0 aromatic heterocycles. The number of hydrogen-bond acceptors (Lipinski definition) is 3. The Morgan fingerprint density at radius 1 is 1.32 bits per heavy atom. The third kappa shape index (κ3) is 3.48. The minimum atomic E-state index is 0.0538. The molecule has 0 spiro atoms. The van der Waals surface area contributed by atoms with E-state index in [1.54, 1.807) is 7.11 Å². The molecule has 3 nitrogen and oxygen atoms in total. The first-order valence-electron chi connectivity index (χ1n) is 7.27. The Morgan fingerprint density at radius 3 is 2.63 bits per heavy atom. The van der Waals surface area contributed by atoms with Gasteiger partial charge in [0.1, 0.15) is 5.75 Å². The predicted octanol–water partition coefficient (Wildman–Crippen LogP) is 2.96. The molecule has 0 aliphatic carbocycles. The van der Waals surface area contributed by atoms with Crippen molar-refractivity contribution in [1.29, 1.82) is 0 Å². The largest absolute Gasteiger partial charge is 0.497 e. The molecule has 0 bridgehead atoms. The summed E-state index contributed by atoms with van der Waals surface area (Å²) in [5.41, 5.74) is 7.53. The summed E-state index contributed by atoms with van der Waals surface area (Å²) < 4.78 is 5.27. The maximum atomic E-state index is 6.38. The van der Waals surface area contributed by atoms with Crippen LogP contribution < -0.4 is 10.5 Å². The van der Waals surface area contributed by atoms with Crippen molar-refractivity contribution in [1.82, 2.24) is 4.90 Å². The lowest BCUT2D eigenvalue weighted by atomic mass is 9.96. The maximum absolute atomic E-state index is 6.38. The Labute approximate surface area is 116 Å². The third-order valence-corrected chi connectivity index (χ3v) is 4.31. The average molecular weight is 262 g/mol. The fourth-order valence-corrected chi connectivity index (χ4v) is 3.04. The van der Waals surface area contributed by atoms with Gasteiger partial charge in [-0.05, 0) is 44.4 Å². The smallest absolute Gasteiger partial charge is 0.119 e. The molecule has 1 aromatic rings. The Morgan fingerprint density at radius 2 is 2.00 bits per heavy atom. The van der Waals surface area contributed by atoms with Crippen LogP contribution in [0.25, 0.3) is 0 Å². The molecule has 106 valence electrons. The van der Waals surface area contributed by atoms with Crippen molar-refractivity contribution in [3.63, 3.8) is 0 Å². The first-order chi connectivity index (χ1) is 9.11. The van der Waals surface area contributed by atoms with Crippen LogP contribution in [0.4, 0.5) is 0 Å². The molecule has 2 rings (SSSR count). The van der Waals surface area contributed by atoms with Crippen LogP contribution in [0.2, 0.25) is 0 Å². The Hall–Kier alpha value is -1.06. The van der Waals surface area contributed by atoms with Crippen LogP contribution in [-0.2, 0) is 0 Å². The monoisotopic (exact) mass is 262 g/mol. The van der Waals surface area contributed by atoms with Crippen molar-refractivity contribution in [2.24, 2.45) is 5.73 Å². The number of hydrogen-bond donors (Lipinski definition) is 1. The highest BCUT2D eigenvalue weighted by Crippen LogP contribution is 2.25. The van der Waals surface area contributed by atoms with Crippen molar-refractivity contribution in [2.75, 3.05) is 13.7 Å². The quantitative estimate of drug-likeness (QED) is 0.906. The highest BCUT2D eigenvalue weighted by molar-refractivity contribution is 5.30. The van der Waals surface area contributed by atoms with E-state index in [-0.39, 0.29) is 6.04 Å². The molecule has 2 N–H and O–H groups in total. The highest BCUT2D eigenvalue weighted by atomic mass is 16.5. The highest BCUT2D eigenvalue weighted by Gasteiger charge is 2.26. The fraction of sp³-hybridized carbons (Fsp3) is 0.625. The van der Waals surface area contributed by atoms with Crippen LogP contribution in [0.1, 0.15) is 44.7 Å². The second kappa shape index (κ2) is 6.40. The Kier molecular flexibility index (Phi) is 4.83.